The second-order valence-electron chi connectivity index (χ2n) is 4.84. The summed E-state index contributed by atoms with van der Waals surface area (Å²) in [5.41, 5.74) is -0.234. The molecule has 0 spiro atoms. The first-order valence-corrected chi connectivity index (χ1v) is 5.35. The maximum Gasteiger partial charge on any atom is 0.0684 e. The van der Waals surface area contributed by atoms with E-state index >= 15 is 0 Å². The molecule has 0 aromatic heterocycles. The molecule has 0 amide bonds. The van der Waals surface area contributed by atoms with Gasteiger partial charge in [0.05, 0.1) is 17.6 Å². The summed E-state index contributed by atoms with van der Waals surface area (Å²) in [5, 5.41) is 18.3. The molecule has 0 aromatic carbocycles. The molecule has 1 heterocycles. The topological polar surface area (TPSA) is 47.3 Å². The van der Waals surface area contributed by atoms with Gasteiger partial charge in [-0.3, -0.25) is 0 Å². The highest BCUT2D eigenvalue weighted by Crippen LogP contribution is 2.20. The average molecular weight is 196 g/mol. The molecule has 14 heavy (non-hydrogen) atoms. The summed E-state index contributed by atoms with van der Waals surface area (Å²) in [6, 6.07) is 2.30. The molecular weight excluding hydrogens is 176 g/mol. The van der Waals surface area contributed by atoms with E-state index in [9.17, 15) is 5.11 Å². The summed E-state index contributed by atoms with van der Waals surface area (Å²) in [5.74, 6) is 0. The Labute approximate surface area is 86.3 Å². The largest absolute Gasteiger partial charge is 0.392 e. The first-order valence-electron chi connectivity index (χ1n) is 5.35. The molecule has 1 unspecified atom stereocenters. The fourth-order valence-corrected chi connectivity index (χ4v) is 1.73. The van der Waals surface area contributed by atoms with Gasteiger partial charge in [0.1, 0.15) is 0 Å². The highest BCUT2D eigenvalue weighted by molar-refractivity contribution is 4.92. The van der Waals surface area contributed by atoms with Crippen LogP contribution in [-0.4, -0.2) is 35.7 Å². The molecule has 3 nitrogen and oxygen atoms in total. The summed E-state index contributed by atoms with van der Waals surface area (Å²) >= 11 is 0. The molecule has 1 saturated heterocycles. The van der Waals surface area contributed by atoms with Crippen molar-refractivity contribution >= 4 is 0 Å². The third kappa shape index (κ3) is 3.65. The molecule has 80 valence electrons. The zero-order chi connectivity index (χ0) is 10.6. The molecular formula is C11H20N2O. The van der Waals surface area contributed by atoms with Crippen LogP contribution in [0.5, 0.6) is 0 Å². The Kier molecular flexibility index (Phi) is 3.91. The minimum absolute atomic E-state index is 0.158. The Morgan fingerprint density at radius 2 is 2.29 bits per heavy atom. The van der Waals surface area contributed by atoms with Gasteiger partial charge in [-0.1, -0.05) is 0 Å². The third-order valence-corrected chi connectivity index (χ3v) is 2.84. The lowest BCUT2D eigenvalue weighted by Gasteiger charge is -2.31. The number of rotatable bonds is 3. The van der Waals surface area contributed by atoms with Crippen molar-refractivity contribution in [3.63, 3.8) is 0 Å². The predicted octanol–water partition coefficient (Wildman–Crippen LogP) is 1.38. The van der Waals surface area contributed by atoms with Crippen LogP contribution in [0.4, 0.5) is 0 Å². The monoisotopic (exact) mass is 196 g/mol. The van der Waals surface area contributed by atoms with Gasteiger partial charge in [-0.15, -0.1) is 0 Å². The van der Waals surface area contributed by atoms with E-state index in [1.165, 1.54) is 0 Å². The summed E-state index contributed by atoms with van der Waals surface area (Å²) in [7, 11) is 0. The summed E-state index contributed by atoms with van der Waals surface area (Å²) in [6.07, 6.45) is 2.73. The first kappa shape index (κ1) is 11.5. The van der Waals surface area contributed by atoms with Crippen LogP contribution >= 0.6 is 0 Å². The Hall–Kier alpha value is -0.590. The van der Waals surface area contributed by atoms with E-state index in [2.05, 4.69) is 11.0 Å². The fourth-order valence-electron chi connectivity index (χ4n) is 1.73. The number of likely N-dealkylation sites (tertiary alicyclic amines) is 1. The van der Waals surface area contributed by atoms with Crippen molar-refractivity contribution < 1.29 is 5.11 Å². The van der Waals surface area contributed by atoms with Gasteiger partial charge in [0.2, 0.25) is 0 Å². The zero-order valence-corrected chi connectivity index (χ0v) is 9.16. The summed E-state index contributed by atoms with van der Waals surface area (Å²) in [6.45, 7) is 6.71. The van der Waals surface area contributed by atoms with Crippen LogP contribution in [-0.2, 0) is 0 Å². The molecule has 1 fully saturated rings. The van der Waals surface area contributed by atoms with E-state index in [-0.39, 0.29) is 11.5 Å². The summed E-state index contributed by atoms with van der Waals surface area (Å²) < 4.78 is 0. The van der Waals surface area contributed by atoms with Gasteiger partial charge < -0.3 is 10.0 Å². The number of nitriles is 1. The van der Waals surface area contributed by atoms with Gasteiger partial charge in [0.15, 0.2) is 0 Å². The molecule has 3 heteroatoms. The van der Waals surface area contributed by atoms with Crippen LogP contribution in [0.2, 0.25) is 0 Å². The SMILES string of the molecule is CC(C)(C#N)CCN1CCCC(O)C1. The highest BCUT2D eigenvalue weighted by Gasteiger charge is 2.21. The van der Waals surface area contributed by atoms with E-state index in [4.69, 9.17) is 5.26 Å². The number of aliphatic hydroxyl groups excluding tert-OH is 1. The lowest BCUT2D eigenvalue weighted by atomic mass is 9.91. The number of hydrogen-bond donors (Lipinski definition) is 1. The van der Waals surface area contributed by atoms with Gasteiger partial charge in [0, 0.05) is 6.54 Å². The predicted molar refractivity (Wildman–Crippen MR) is 55.7 cm³/mol. The van der Waals surface area contributed by atoms with Crippen LogP contribution in [0, 0.1) is 16.7 Å². The van der Waals surface area contributed by atoms with Gasteiger partial charge in [-0.2, -0.15) is 5.26 Å². The van der Waals surface area contributed by atoms with Gasteiger partial charge in [0.25, 0.3) is 0 Å². The minimum Gasteiger partial charge on any atom is -0.392 e. The molecule has 0 bridgehead atoms. The van der Waals surface area contributed by atoms with Crippen molar-refractivity contribution in [3.8, 4) is 6.07 Å². The number of piperidine rings is 1. The maximum absolute atomic E-state index is 9.46. The van der Waals surface area contributed by atoms with Crippen molar-refractivity contribution in [1.29, 1.82) is 5.26 Å². The molecule has 0 radical (unpaired) electrons. The second-order valence-corrected chi connectivity index (χ2v) is 4.84. The Balaban J connectivity index is 2.28. The van der Waals surface area contributed by atoms with Gasteiger partial charge in [-0.05, 0) is 46.2 Å². The first-order chi connectivity index (χ1) is 6.53. The van der Waals surface area contributed by atoms with Crippen molar-refractivity contribution in [2.75, 3.05) is 19.6 Å². The van der Waals surface area contributed by atoms with Crippen LogP contribution in [0.1, 0.15) is 33.1 Å². The van der Waals surface area contributed by atoms with Crippen LogP contribution in [0.15, 0.2) is 0 Å². The van der Waals surface area contributed by atoms with E-state index in [1.807, 2.05) is 13.8 Å². The normalized spacial score (nSPS) is 24.6. The van der Waals surface area contributed by atoms with Crippen molar-refractivity contribution in [2.45, 2.75) is 39.2 Å². The maximum atomic E-state index is 9.46. The Bertz CT molecular complexity index is 220. The number of hydrogen-bond acceptors (Lipinski definition) is 3. The van der Waals surface area contributed by atoms with Crippen molar-refractivity contribution in [3.05, 3.63) is 0 Å². The highest BCUT2D eigenvalue weighted by atomic mass is 16.3. The molecule has 1 aliphatic rings. The number of nitrogens with zero attached hydrogens (tertiary/aromatic N) is 2. The van der Waals surface area contributed by atoms with Crippen LogP contribution in [0.25, 0.3) is 0 Å². The lowest BCUT2D eigenvalue weighted by Crippen LogP contribution is -2.39. The van der Waals surface area contributed by atoms with Crippen molar-refractivity contribution in [2.24, 2.45) is 5.41 Å². The Morgan fingerprint density at radius 3 is 2.86 bits per heavy atom. The summed E-state index contributed by atoms with van der Waals surface area (Å²) in [4.78, 5) is 2.26. The number of β-amino-alcohol motifs (C(OH)–C–C–N with tert-alkyl or cyclic N) is 1. The molecule has 0 saturated carbocycles. The third-order valence-electron chi connectivity index (χ3n) is 2.84. The molecule has 1 aliphatic heterocycles. The zero-order valence-electron chi connectivity index (χ0n) is 9.16. The van der Waals surface area contributed by atoms with Gasteiger partial charge in [-0.25, -0.2) is 0 Å². The molecule has 1 atom stereocenters. The van der Waals surface area contributed by atoms with Crippen LogP contribution < -0.4 is 0 Å². The minimum atomic E-state index is -0.234. The molecule has 0 aromatic rings. The quantitative estimate of drug-likeness (QED) is 0.742. The molecule has 0 aliphatic carbocycles. The van der Waals surface area contributed by atoms with Crippen molar-refractivity contribution in [1.82, 2.24) is 4.90 Å². The second kappa shape index (κ2) is 4.77. The van der Waals surface area contributed by atoms with E-state index < -0.39 is 0 Å². The number of aliphatic hydroxyl groups is 1. The fraction of sp³-hybridized carbons (Fsp3) is 0.909. The molecule has 1 N–H and O–H groups in total. The average Bonchev–Trinajstić information content (AvgIpc) is 2.15. The Morgan fingerprint density at radius 1 is 1.57 bits per heavy atom. The molecule has 1 rings (SSSR count). The smallest absolute Gasteiger partial charge is 0.0684 e. The van der Waals surface area contributed by atoms with Gasteiger partial charge >= 0.3 is 0 Å². The van der Waals surface area contributed by atoms with Crippen LogP contribution in [0.3, 0.4) is 0 Å². The van der Waals surface area contributed by atoms with E-state index in [1.54, 1.807) is 0 Å². The van der Waals surface area contributed by atoms with E-state index in [0.717, 1.165) is 38.9 Å². The standard InChI is InChI=1S/C11H20N2O/c1-11(2,9-12)5-7-13-6-3-4-10(14)8-13/h10,14H,3-8H2,1-2H3. The van der Waals surface area contributed by atoms with E-state index in [0.29, 0.717) is 0 Å². The lowest BCUT2D eigenvalue weighted by molar-refractivity contribution is 0.0664.